The van der Waals surface area contributed by atoms with E-state index in [2.05, 4.69) is 115 Å². The SMILES string of the molecule is CC(C)C1=CC2=C(C(C)C)CSC2=[C-]1.Cc1cc2c(-c3ccccc3)ccc(C)c2[cH-]1.[CH3-].[CH3-].[Si]=[Zr]. The van der Waals surface area contributed by atoms with Crippen molar-refractivity contribution in [2.75, 3.05) is 5.75 Å². The molecule has 3 heteroatoms. The van der Waals surface area contributed by atoms with Gasteiger partial charge in [0.15, 0.2) is 0 Å². The second kappa shape index (κ2) is 14.5. The van der Waals surface area contributed by atoms with E-state index < -0.39 is 0 Å². The molecule has 0 amide bonds. The fraction of sp³-hybridized carbons (Fsp3) is 0.281. The van der Waals surface area contributed by atoms with Crippen LogP contribution in [-0.4, -0.2) is 12.6 Å². The molecule has 2 aliphatic rings. The van der Waals surface area contributed by atoms with Gasteiger partial charge in [0.05, 0.1) is 0 Å². The number of aryl methyl sites for hydroxylation is 2. The fourth-order valence-corrected chi connectivity index (χ4v) is 5.61. The molecule has 0 aromatic heterocycles. The maximum atomic E-state index is 3.52. The molecule has 1 aliphatic heterocycles. The van der Waals surface area contributed by atoms with Gasteiger partial charge in [-0.3, -0.25) is 0 Å². The van der Waals surface area contributed by atoms with E-state index in [9.17, 15) is 0 Å². The van der Waals surface area contributed by atoms with Crippen LogP contribution in [0.5, 0.6) is 0 Å². The van der Waals surface area contributed by atoms with Crippen LogP contribution in [0.2, 0.25) is 0 Å². The molecule has 1 heterocycles. The third-order valence-electron chi connectivity index (χ3n) is 6.17. The zero-order valence-corrected chi connectivity index (χ0v) is 26.8. The quantitative estimate of drug-likeness (QED) is 0.222. The molecular formula is C32H38SSiZr-4. The standard InChI is InChI=1S/C17H15.C13H17S.2CH3.Si.Zr/c1-12-10-16-13(2)8-9-15(17(16)11-12)14-6-4-3-5-7-14;1-8(2)10-5-11-12(9(3)4)7-14-13(11)6-10;;;;/h3-11H,1-2H3;5,8-9H,7H2,1-4H3;2*1H3;;/q4*-1;;. The summed E-state index contributed by atoms with van der Waals surface area (Å²) >= 11 is 3.31. The van der Waals surface area contributed by atoms with Gasteiger partial charge in [0, 0.05) is 5.75 Å². The molecule has 0 unspecified atom stereocenters. The Kier molecular flexibility index (Phi) is 13.1. The Morgan fingerprint density at radius 3 is 2.20 bits per heavy atom. The van der Waals surface area contributed by atoms with Gasteiger partial charge in [-0.25, -0.2) is 6.08 Å². The van der Waals surface area contributed by atoms with Crippen molar-refractivity contribution in [3.05, 3.63) is 114 Å². The van der Waals surface area contributed by atoms with Crippen molar-refractivity contribution in [2.45, 2.75) is 41.5 Å². The van der Waals surface area contributed by atoms with Crippen LogP contribution in [0.3, 0.4) is 0 Å². The van der Waals surface area contributed by atoms with Crippen molar-refractivity contribution in [3.8, 4) is 11.1 Å². The van der Waals surface area contributed by atoms with Crippen molar-refractivity contribution in [2.24, 2.45) is 11.8 Å². The van der Waals surface area contributed by atoms with Crippen molar-refractivity contribution in [3.63, 3.8) is 0 Å². The Hall–Kier alpha value is -1.28. The van der Waals surface area contributed by atoms with Crippen LogP contribution in [0.25, 0.3) is 21.9 Å². The van der Waals surface area contributed by atoms with Gasteiger partial charge in [-0.1, -0.05) is 83.5 Å². The van der Waals surface area contributed by atoms with Gasteiger partial charge < -0.3 is 14.9 Å². The van der Waals surface area contributed by atoms with Gasteiger partial charge in [-0.15, -0.1) is 44.5 Å². The molecule has 0 atom stereocenters. The van der Waals surface area contributed by atoms with E-state index in [4.69, 9.17) is 0 Å². The Balaban J connectivity index is 0.000000315. The zero-order chi connectivity index (χ0) is 24.1. The molecule has 0 fully saturated rings. The van der Waals surface area contributed by atoms with Gasteiger partial charge in [0.1, 0.15) is 0 Å². The Morgan fingerprint density at radius 2 is 1.60 bits per heavy atom. The van der Waals surface area contributed by atoms with Gasteiger partial charge in [-0.05, 0) is 17.4 Å². The number of hydrogen-bond acceptors (Lipinski definition) is 1. The fourth-order valence-electron chi connectivity index (χ4n) is 4.28. The molecule has 0 bridgehead atoms. The second-order valence-electron chi connectivity index (χ2n) is 9.25. The van der Waals surface area contributed by atoms with Crippen LogP contribution in [-0.2, 0) is 23.3 Å². The first kappa shape index (κ1) is 31.7. The van der Waals surface area contributed by atoms with E-state index in [0.717, 1.165) is 0 Å². The summed E-state index contributed by atoms with van der Waals surface area (Å²) in [6.07, 6.45) is 5.86. The Morgan fingerprint density at radius 1 is 0.943 bits per heavy atom. The first-order valence-electron chi connectivity index (χ1n) is 11.5. The molecule has 1 aliphatic carbocycles. The Bertz CT molecular complexity index is 1210. The molecule has 35 heavy (non-hydrogen) atoms. The van der Waals surface area contributed by atoms with Crippen molar-refractivity contribution >= 4 is 29.4 Å². The van der Waals surface area contributed by atoms with E-state index in [-0.39, 0.29) is 14.9 Å². The van der Waals surface area contributed by atoms with Crippen LogP contribution < -0.4 is 0 Å². The predicted molar refractivity (Wildman–Crippen MR) is 157 cm³/mol. The molecule has 0 nitrogen and oxygen atoms in total. The van der Waals surface area contributed by atoms with Gasteiger partial charge in [0.2, 0.25) is 0 Å². The molecule has 184 valence electrons. The average molecular weight is 574 g/mol. The molecule has 0 saturated heterocycles. The summed E-state index contributed by atoms with van der Waals surface area (Å²) in [6.45, 7) is 16.4. The number of benzene rings is 2. The average Bonchev–Trinajstić information content (AvgIpc) is 3.50. The third kappa shape index (κ3) is 7.37. The second-order valence-corrected chi connectivity index (χ2v) is 10.2. The van der Waals surface area contributed by atoms with Gasteiger partial charge in [0.25, 0.3) is 0 Å². The number of allylic oxidation sites excluding steroid dienone is 4. The van der Waals surface area contributed by atoms with Crippen molar-refractivity contribution < 1.29 is 23.3 Å². The normalized spacial score (nSPS) is 13.7. The summed E-state index contributed by atoms with van der Waals surface area (Å²) in [7, 11) is 0. The topological polar surface area (TPSA) is 0 Å². The first-order chi connectivity index (χ1) is 15.8. The maximum absolute atomic E-state index is 3.52. The van der Waals surface area contributed by atoms with Crippen LogP contribution in [0, 0.1) is 46.6 Å². The summed E-state index contributed by atoms with van der Waals surface area (Å²) in [5.74, 6) is 2.46. The van der Waals surface area contributed by atoms with Crippen LogP contribution in [0.4, 0.5) is 0 Å². The molecule has 0 saturated carbocycles. The van der Waals surface area contributed by atoms with E-state index in [1.54, 1.807) is 5.57 Å². The van der Waals surface area contributed by atoms with Gasteiger partial charge >= 0.3 is 30.2 Å². The number of rotatable bonds is 3. The van der Waals surface area contributed by atoms with Gasteiger partial charge in [-0.2, -0.15) is 35.1 Å². The number of thioether (sulfide) groups is 1. The van der Waals surface area contributed by atoms with Crippen LogP contribution in [0.1, 0.15) is 38.8 Å². The minimum absolute atomic E-state index is 0. The molecule has 2 radical (unpaired) electrons. The summed E-state index contributed by atoms with van der Waals surface area (Å²) in [5.41, 5.74) is 9.78. The van der Waals surface area contributed by atoms with E-state index >= 15 is 0 Å². The number of fused-ring (bicyclic) bond motifs is 2. The first-order valence-corrected chi connectivity index (χ1v) is 16.7. The van der Waals surface area contributed by atoms with Crippen LogP contribution in [0.15, 0.2) is 82.3 Å². The monoisotopic (exact) mass is 572 g/mol. The molecule has 3 aromatic carbocycles. The molecule has 3 aromatic rings. The summed E-state index contributed by atoms with van der Waals surface area (Å²) < 4.78 is 0. The molecular weight excluding hydrogens is 536 g/mol. The summed E-state index contributed by atoms with van der Waals surface area (Å²) in [6, 6.07) is 19.6. The molecule has 0 N–H and O–H groups in total. The van der Waals surface area contributed by atoms with E-state index in [0.29, 0.717) is 11.8 Å². The Labute approximate surface area is 235 Å². The van der Waals surface area contributed by atoms with E-state index in [1.165, 1.54) is 78.2 Å². The molecule has 0 spiro atoms. The zero-order valence-electron chi connectivity index (χ0n) is 22.5. The third-order valence-corrected chi connectivity index (χ3v) is 7.24. The van der Waals surface area contributed by atoms with Crippen molar-refractivity contribution in [1.29, 1.82) is 0 Å². The van der Waals surface area contributed by atoms with Crippen molar-refractivity contribution in [1.82, 2.24) is 0 Å². The number of hydrogen-bond donors (Lipinski definition) is 0. The molecule has 5 rings (SSSR count). The van der Waals surface area contributed by atoms with Crippen LogP contribution >= 0.6 is 11.8 Å². The predicted octanol–water partition coefficient (Wildman–Crippen LogP) is 9.33. The van der Waals surface area contributed by atoms with E-state index in [1.807, 2.05) is 11.8 Å². The minimum atomic E-state index is 0. The summed E-state index contributed by atoms with van der Waals surface area (Å²) in [4.78, 5) is 1.39. The summed E-state index contributed by atoms with van der Waals surface area (Å²) in [5, 5.41) is 2.75.